The van der Waals surface area contributed by atoms with Crippen LogP contribution in [0.4, 0.5) is 0 Å². The van der Waals surface area contributed by atoms with Crippen LogP contribution in [-0.4, -0.2) is 63.7 Å². The van der Waals surface area contributed by atoms with E-state index in [-0.39, 0.29) is 10.9 Å². The highest BCUT2D eigenvalue weighted by atomic mass is 28.4. The van der Waals surface area contributed by atoms with Crippen LogP contribution in [0.25, 0.3) is 22.6 Å². The lowest BCUT2D eigenvalue weighted by Gasteiger charge is -2.36. The van der Waals surface area contributed by atoms with Crippen LogP contribution in [0.1, 0.15) is 31.5 Å². The predicted molar refractivity (Wildman–Crippen MR) is 139 cm³/mol. The molecule has 0 radical (unpaired) electrons. The molecule has 194 valence electrons. The van der Waals surface area contributed by atoms with Gasteiger partial charge in [0.2, 0.25) is 5.88 Å². The number of hydroxylamine groups is 2. The Balaban J connectivity index is 1.80. The molecule has 36 heavy (non-hydrogen) atoms. The van der Waals surface area contributed by atoms with E-state index in [4.69, 9.17) is 23.2 Å². The summed E-state index contributed by atoms with van der Waals surface area (Å²) in [5.41, 5.74) is 1.89. The Labute approximate surface area is 213 Å². The molecule has 0 saturated heterocycles. The van der Waals surface area contributed by atoms with Crippen molar-refractivity contribution >= 4 is 14.2 Å². The zero-order valence-corrected chi connectivity index (χ0v) is 23.2. The van der Waals surface area contributed by atoms with Crippen LogP contribution in [0.15, 0.2) is 47.0 Å². The van der Waals surface area contributed by atoms with Gasteiger partial charge in [0.15, 0.2) is 14.1 Å². The molecule has 0 fully saturated rings. The van der Waals surface area contributed by atoms with Crippen molar-refractivity contribution in [2.45, 2.75) is 38.9 Å². The lowest BCUT2D eigenvalue weighted by molar-refractivity contribution is -0.0777. The molecule has 3 aromatic rings. The fraction of sp³-hybridized carbons (Fsp3) is 0.423. The van der Waals surface area contributed by atoms with Crippen LogP contribution in [0.5, 0.6) is 11.6 Å². The second-order valence-corrected chi connectivity index (χ2v) is 14.6. The van der Waals surface area contributed by atoms with Crippen molar-refractivity contribution in [3.8, 4) is 34.2 Å². The van der Waals surface area contributed by atoms with Crippen LogP contribution in [0.3, 0.4) is 0 Å². The summed E-state index contributed by atoms with van der Waals surface area (Å²) in [6.07, 6.45) is 1.62. The van der Waals surface area contributed by atoms with Crippen molar-refractivity contribution in [3.63, 3.8) is 0 Å². The first-order valence-corrected chi connectivity index (χ1v) is 14.6. The average molecular weight is 514 g/mol. The Hall–Kier alpha value is -3.21. The standard InChI is InChI=1S/C26H35N3O6Si/c1-26(2,3)36(7,8)34-16-15-33-20-12-9-18(10-13-20)23-22(19-11-14-21(31-5)27-17-19)28-24(35-23)25(30)29(4)32-6/h9-14,17H,15-16H2,1-8H3. The Morgan fingerprint density at radius 3 is 2.25 bits per heavy atom. The topological polar surface area (TPSA) is 96.2 Å². The summed E-state index contributed by atoms with van der Waals surface area (Å²) in [5.74, 6) is 1.01. The Morgan fingerprint density at radius 2 is 1.69 bits per heavy atom. The van der Waals surface area contributed by atoms with Gasteiger partial charge >= 0.3 is 5.91 Å². The van der Waals surface area contributed by atoms with Gasteiger partial charge < -0.3 is 18.3 Å². The second-order valence-electron chi connectivity index (χ2n) is 9.75. The van der Waals surface area contributed by atoms with Gasteiger partial charge in [-0.25, -0.2) is 15.0 Å². The van der Waals surface area contributed by atoms with Gasteiger partial charge in [-0.1, -0.05) is 20.8 Å². The normalized spacial score (nSPS) is 11.9. The van der Waals surface area contributed by atoms with Gasteiger partial charge in [-0.05, 0) is 48.5 Å². The highest BCUT2D eigenvalue weighted by Crippen LogP contribution is 2.37. The lowest BCUT2D eigenvalue weighted by atomic mass is 10.1. The lowest BCUT2D eigenvalue weighted by Crippen LogP contribution is -2.41. The molecular weight excluding hydrogens is 478 g/mol. The van der Waals surface area contributed by atoms with E-state index in [2.05, 4.69) is 43.8 Å². The average Bonchev–Trinajstić information content (AvgIpc) is 3.31. The van der Waals surface area contributed by atoms with E-state index >= 15 is 0 Å². The molecule has 2 aromatic heterocycles. The van der Waals surface area contributed by atoms with Crippen molar-refractivity contribution < 1.29 is 27.9 Å². The summed E-state index contributed by atoms with van der Waals surface area (Å²) in [7, 11) is 2.62. The van der Waals surface area contributed by atoms with E-state index in [9.17, 15) is 4.79 Å². The third kappa shape index (κ3) is 6.31. The number of carbonyl (C=O) groups excluding carboxylic acids is 1. The summed E-state index contributed by atoms with van der Waals surface area (Å²) in [6.45, 7) is 12.1. The fourth-order valence-corrected chi connectivity index (χ4v) is 4.06. The molecule has 3 rings (SSSR count). The first kappa shape index (κ1) is 27.4. The number of methoxy groups -OCH3 is 1. The number of hydrogen-bond donors (Lipinski definition) is 0. The van der Waals surface area contributed by atoms with Gasteiger partial charge in [-0.15, -0.1) is 0 Å². The summed E-state index contributed by atoms with van der Waals surface area (Å²) in [5, 5.41) is 1.20. The number of amides is 1. The van der Waals surface area contributed by atoms with Crippen molar-refractivity contribution in [1.82, 2.24) is 15.0 Å². The molecule has 0 aliphatic rings. The zero-order valence-electron chi connectivity index (χ0n) is 22.2. The van der Waals surface area contributed by atoms with Crippen molar-refractivity contribution in [2.24, 2.45) is 0 Å². The second kappa shape index (κ2) is 11.2. The smallest absolute Gasteiger partial charge is 0.332 e. The van der Waals surface area contributed by atoms with E-state index in [0.717, 1.165) is 10.6 Å². The van der Waals surface area contributed by atoms with Gasteiger partial charge in [0.25, 0.3) is 5.89 Å². The van der Waals surface area contributed by atoms with Crippen LogP contribution >= 0.6 is 0 Å². The minimum Gasteiger partial charge on any atom is -0.491 e. The minimum atomic E-state index is -1.81. The third-order valence-electron chi connectivity index (χ3n) is 6.33. The van der Waals surface area contributed by atoms with Crippen molar-refractivity contribution in [2.75, 3.05) is 34.5 Å². The summed E-state index contributed by atoms with van der Waals surface area (Å²) in [4.78, 5) is 26.3. The molecule has 0 N–H and O–H groups in total. The zero-order chi connectivity index (χ0) is 26.5. The van der Waals surface area contributed by atoms with E-state index in [1.54, 1.807) is 25.4 Å². The molecule has 1 amide bonds. The first-order chi connectivity index (χ1) is 17.0. The van der Waals surface area contributed by atoms with Crippen LogP contribution in [0.2, 0.25) is 18.1 Å². The molecule has 10 heteroatoms. The number of oxazole rings is 1. The minimum absolute atomic E-state index is 0.0942. The highest BCUT2D eigenvalue weighted by Gasteiger charge is 2.36. The van der Waals surface area contributed by atoms with Crippen molar-refractivity contribution in [1.29, 1.82) is 0 Å². The van der Waals surface area contributed by atoms with Gasteiger partial charge in [0, 0.05) is 30.4 Å². The quantitative estimate of drug-likeness (QED) is 0.201. The molecule has 0 atom stereocenters. The SMILES string of the molecule is COc1ccc(-c2nc(C(=O)N(C)OC)oc2-c2ccc(OCCO[Si](C)(C)C(C)(C)C)cc2)cn1. The van der Waals surface area contributed by atoms with Gasteiger partial charge in [-0.3, -0.25) is 9.63 Å². The molecule has 2 heterocycles. The summed E-state index contributed by atoms with van der Waals surface area (Å²) in [6, 6.07) is 10.9. The van der Waals surface area contributed by atoms with Gasteiger partial charge in [-0.2, -0.15) is 0 Å². The Kier molecular flexibility index (Phi) is 8.54. The number of ether oxygens (including phenoxy) is 2. The predicted octanol–water partition coefficient (Wildman–Crippen LogP) is 5.45. The fourth-order valence-electron chi connectivity index (χ4n) is 3.04. The number of benzene rings is 1. The third-order valence-corrected chi connectivity index (χ3v) is 10.9. The van der Waals surface area contributed by atoms with Crippen LogP contribution < -0.4 is 9.47 Å². The molecule has 0 spiro atoms. The van der Waals surface area contributed by atoms with E-state index in [0.29, 0.717) is 41.9 Å². The molecule has 0 aliphatic carbocycles. The van der Waals surface area contributed by atoms with E-state index < -0.39 is 14.2 Å². The summed E-state index contributed by atoms with van der Waals surface area (Å²) >= 11 is 0. The largest absolute Gasteiger partial charge is 0.491 e. The van der Waals surface area contributed by atoms with Crippen molar-refractivity contribution in [3.05, 3.63) is 48.5 Å². The van der Waals surface area contributed by atoms with Gasteiger partial charge in [0.05, 0.1) is 20.8 Å². The molecule has 0 bridgehead atoms. The molecule has 0 aliphatic heterocycles. The first-order valence-electron chi connectivity index (χ1n) is 11.7. The molecule has 1 aromatic carbocycles. The molecule has 9 nitrogen and oxygen atoms in total. The highest BCUT2D eigenvalue weighted by molar-refractivity contribution is 6.74. The monoisotopic (exact) mass is 513 g/mol. The maximum atomic E-state index is 12.6. The van der Waals surface area contributed by atoms with E-state index in [1.165, 1.54) is 14.2 Å². The van der Waals surface area contributed by atoms with E-state index in [1.807, 2.05) is 24.3 Å². The maximum absolute atomic E-state index is 12.6. The number of pyridine rings is 1. The number of aromatic nitrogens is 2. The number of hydrogen-bond acceptors (Lipinski definition) is 8. The molecular formula is C26H35N3O6Si. The maximum Gasteiger partial charge on any atom is 0.332 e. The number of carbonyl (C=O) groups is 1. The van der Waals surface area contributed by atoms with Gasteiger partial charge in [0.1, 0.15) is 18.1 Å². The molecule has 0 saturated carbocycles. The Morgan fingerprint density at radius 1 is 1.03 bits per heavy atom. The Bertz CT molecular complexity index is 1150. The number of nitrogens with zero attached hydrogens (tertiary/aromatic N) is 3. The molecule has 0 unspecified atom stereocenters. The number of rotatable bonds is 10. The van der Waals surface area contributed by atoms with Crippen LogP contribution in [-0.2, 0) is 9.26 Å². The van der Waals surface area contributed by atoms with Crippen LogP contribution in [0, 0.1) is 0 Å². The summed E-state index contributed by atoms with van der Waals surface area (Å²) < 4.78 is 23.1.